The van der Waals surface area contributed by atoms with Gasteiger partial charge in [0.25, 0.3) is 0 Å². The molecule has 230 valence electrons. The normalized spacial score (nSPS) is 14.6. The minimum Gasteiger partial charge on any atom is -0.352 e. The van der Waals surface area contributed by atoms with E-state index in [1.165, 1.54) is 23.1 Å². The molecular weight excluding hydrogens is 652 g/mol. The van der Waals surface area contributed by atoms with E-state index in [4.69, 9.17) is 46.4 Å². The van der Waals surface area contributed by atoms with Gasteiger partial charge >= 0.3 is 0 Å². The van der Waals surface area contributed by atoms with Gasteiger partial charge in [0.1, 0.15) is 12.6 Å². The van der Waals surface area contributed by atoms with E-state index in [1.54, 1.807) is 18.2 Å². The molecule has 7 nitrogen and oxygen atoms in total. The summed E-state index contributed by atoms with van der Waals surface area (Å²) < 4.78 is 26.9. The van der Waals surface area contributed by atoms with Crippen molar-refractivity contribution in [3.8, 4) is 0 Å². The lowest BCUT2D eigenvalue weighted by Crippen LogP contribution is -2.55. The van der Waals surface area contributed by atoms with Crippen LogP contribution >= 0.6 is 46.4 Å². The molecule has 0 heterocycles. The van der Waals surface area contributed by atoms with Gasteiger partial charge in [-0.2, -0.15) is 0 Å². The van der Waals surface area contributed by atoms with Gasteiger partial charge in [-0.1, -0.05) is 102 Å². The Kier molecular flexibility index (Phi) is 11.6. The van der Waals surface area contributed by atoms with Gasteiger partial charge in [0.15, 0.2) is 0 Å². The Labute approximate surface area is 273 Å². The highest BCUT2D eigenvalue weighted by atomic mass is 35.5. The lowest BCUT2D eigenvalue weighted by molar-refractivity contribution is -0.140. The van der Waals surface area contributed by atoms with E-state index in [0.717, 1.165) is 48.2 Å². The van der Waals surface area contributed by atoms with Gasteiger partial charge in [-0.05, 0) is 54.3 Å². The van der Waals surface area contributed by atoms with Crippen molar-refractivity contribution in [3.63, 3.8) is 0 Å². The average molecular weight is 686 g/mol. The lowest BCUT2D eigenvalue weighted by atomic mass is 9.94. The Morgan fingerprint density at radius 1 is 0.884 bits per heavy atom. The fourth-order valence-electron chi connectivity index (χ4n) is 5.21. The Bertz CT molecular complexity index is 1550. The number of anilines is 1. The Balaban J connectivity index is 1.76. The monoisotopic (exact) mass is 683 g/mol. The third kappa shape index (κ3) is 9.25. The van der Waals surface area contributed by atoms with Crippen LogP contribution in [-0.4, -0.2) is 50.0 Å². The van der Waals surface area contributed by atoms with Gasteiger partial charge in [-0.3, -0.25) is 13.9 Å². The summed E-state index contributed by atoms with van der Waals surface area (Å²) in [5, 5.41) is 4.27. The summed E-state index contributed by atoms with van der Waals surface area (Å²) in [6, 6.07) is 17.6. The molecule has 3 aromatic carbocycles. The van der Waals surface area contributed by atoms with Crippen molar-refractivity contribution in [1.29, 1.82) is 0 Å². The van der Waals surface area contributed by atoms with Crippen LogP contribution in [0.25, 0.3) is 0 Å². The summed E-state index contributed by atoms with van der Waals surface area (Å²) in [5.74, 6) is -0.924. The van der Waals surface area contributed by atoms with Crippen LogP contribution in [0, 0.1) is 0 Å². The number of nitrogens with zero attached hydrogens (tertiary/aromatic N) is 2. The molecular formula is C31H33Cl4N3O4S. The van der Waals surface area contributed by atoms with Crippen molar-refractivity contribution in [1.82, 2.24) is 10.2 Å². The summed E-state index contributed by atoms with van der Waals surface area (Å²) in [5.41, 5.74) is 1.49. The van der Waals surface area contributed by atoms with E-state index in [9.17, 15) is 18.0 Å². The molecule has 0 aromatic heterocycles. The number of halogens is 4. The molecule has 0 bridgehead atoms. The molecule has 2 amide bonds. The van der Waals surface area contributed by atoms with Crippen molar-refractivity contribution < 1.29 is 18.0 Å². The Hall–Kier alpha value is -2.49. The van der Waals surface area contributed by atoms with Gasteiger partial charge in [-0.25, -0.2) is 8.42 Å². The van der Waals surface area contributed by atoms with Gasteiger partial charge in [0.05, 0.1) is 17.0 Å². The number of hydrogen-bond acceptors (Lipinski definition) is 4. The summed E-state index contributed by atoms with van der Waals surface area (Å²) in [7, 11) is -3.98. The van der Waals surface area contributed by atoms with Crippen LogP contribution in [0.15, 0.2) is 66.7 Å². The second-order valence-corrected chi connectivity index (χ2v) is 14.3. The molecule has 1 aliphatic rings. The molecule has 1 aliphatic carbocycles. The average Bonchev–Trinajstić information content (AvgIpc) is 2.95. The van der Waals surface area contributed by atoms with Crippen LogP contribution in [0.2, 0.25) is 20.1 Å². The SMILES string of the molecule is CS(=O)(=O)N(CC(=O)N(Cc1ccc(Cl)cc1Cl)[C@@H](Cc1ccccc1)C(=O)NC1CCCCC1)c1ccc(Cl)cc1Cl. The van der Waals surface area contributed by atoms with E-state index < -0.39 is 28.5 Å². The molecule has 43 heavy (non-hydrogen) atoms. The fourth-order valence-corrected chi connectivity index (χ4v) is 7.10. The van der Waals surface area contributed by atoms with E-state index >= 15 is 0 Å². The summed E-state index contributed by atoms with van der Waals surface area (Å²) in [6.45, 7) is -0.663. The maximum absolute atomic E-state index is 14.3. The van der Waals surface area contributed by atoms with Crippen LogP contribution in [0.5, 0.6) is 0 Å². The zero-order valence-corrected chi connectivity index (χ0v) is 27.5. The van der Waals surface area contributed by atoms with Gasteiger partial charge in [0, 0.05) is 34.1 Å². The Morgan fingerprint density at radius 3 is 2.12 bits per heavy atom. The Morgan fingerprint density at radius 2 is 1.51 bits per heavy atom. The smallest absolute Gasteiger partial charge is 0.244 e. The summed E-state index contributed by atoms with van der Waals surface area (Å²) >= 11 is 25.1. The molecule has 0 aliphatic heterocycles. The number of carbonyl (C=O) groups excluding carboxylic acids is 2. The third-order valence-electron chi connectivity index (χ3n) is 7.44. The number of carbonyl (C=O) groups is 2. The van der Waals surface area contributed by atoms with Crippen LogP contribution in [0.3, 0.4) is 0 Å². The predicted molar refractivity (Wildman–Crippen MR) is 175 cm³/mol. The number of rotatable bonds is 11. The number of nitrogens with one attached hydrogen (secondary N) is 1. The first kappa shape index (κ1) is 33.4. The van der Waals surface area contributed by atoms with Crippen molar-refractivity contribution in [2.75, 3.05) is 17.1 Å². The minimum atomic E-state index is -3.98. The van der Waals surface area contributed by atoms with E-state index in [1.807, 2.05) is 30.3 Å². The molecule has 0 unspecified atom stereocenters. The van der Waals surface area contributed by atoms with Crippen LogP contribution in [-0.2, 0) is 32.6 Å². The molecule has 4 rings (SSSR count). The topological polar surface area (TPSA) is 86.8 Å². The molecule has 1 atom stereocenters. The molecule has 1 fully saturated rings. The number of benzene rings is 3. The second kappa shape index (κ2) is 15.0. The molecule has 1 N–H and O–H groups in total. The van der Waals surface area contributed by atoms with E-state index in [0.29, 0.717) is 20.6 Å². The maximum atomic E-state index is 14.3. The zero-order chi connectivity index (χ0) is 31.1. The van der Waals surface area contributed by atoms with Crippen LogP contribution in [0.1, 0.15) is 43.2 Å². The molecule has 0 saturated heterocycles. The van der Waals surface area contributed by atoms with Crippen molar-refractivity contribution >= 4 is 73.9 Å². The van der Waals surface area contributed by atoms with Gasteiger partial charge in [0.2, 0.25) is 21.8 Å². The molecule has 0 radical (unpaired) electrons. The van der Waals surface area contributed by atoms with E-state index in [2.05, 4.69) is 5.32 Å². The molecule has 12 heteroatoms. The minimum absolute atomic E-state index is 0.00372. The third-order valence-corrected chi connectivity index (χ3v) is 9.69. The largest absolute Gasteiger partial charge is 0.352 e. The van der Waals surface area contributed by atoms with Gasteiger partial charge in [-0.15, -0.1) is 0 Å². The maximum Gasteiger partial charge on any atom is 0.244 e. The molecule has 3 aromatic rings. The van der Waals surface area contributed by atoms with E-state index in [-0.39, 0.29) is 35.6 Å². The standard InChI is InChI=1S/C31H33Cl4N3O4S/c1-43(41,42)38(28-15-14-24(33)18-27(28)35)20-30(39)37(19-22-12-13-23(32)17-26(22)34)29(16-21-8-4-2-5-9-21)31(40)36-25-10-6-3-7-11-25/h2,4-5,8-9,12-15,17-18,25,29H,3,6-7,10-11,16,19-20H2,1H3,(H,36,40)/t29-/m0/s1. The molecule has 1 saturated carbocycles. The first-order chi connectivity index (χ1) is 20.4. The van der Waals surface area contributed by atoms with Crippen LogP contribution < -0.4 is 9.62 Å². The first-order valence-electron chi connectivity index (χ1n) is 13.9. The number of sulfonamides is 1. The van der Waals surface area contributed by atoms with Crippen LogP contribution in [0.4, 0.5) is 5.69 Å². The fraction of sp³-hybridized carbons (Fsp3) is 0.355. The first-order valence-corrected chi connectivity index (χ1v) is 17.3. The second-order valence-electron chi connectivity index (χ2n) is 10.7. The number of hydrogen-bond donors (Lipinski definition) is 1. The quantitative estimate of drug-likeness (QED) is 0.232. The van der Waals surface area contributed by atoms with Crippen molar-refractivity contribution in [3.05, 3.63) is 97.9 Å². The number of amides is 2. The summed E-state index contributed by atoms with van der Waals surface area (Å²) in [6.07, 6.45) is 6.06. The van der Waals surface area contributed by atoms with Crippen molar-refractivity contribution in [2.24, 2.45) is 0 Å². The molecule has 0 spiro atoms. The van der Waals surface area contributed by atoms with Crippen molar-refractivity contribution in [2.45, 2.75) is 57.2 Å². The highest BCUT2D eigenvalue weighted by Gasteiger charge is 2.34. The zero-order valence-electron chi connectivity index (χ0n) is 23.6. The predicted octanol–water partition coefficient (Wildman–Crippen LogP) is 7.16. The summed E-state index contributed by atoms with van der Waals surface area (Å²) in [4.78, 5) is 29.7. The lowest BCUT2D eigenvalue weighted by Gasteiger charge is -2.35. The highest BCUT2D eigenvalue weighted by molar-refractivity contribution is 7.92. The highest BCUT2D eigenvalue weighted by Crippen LogP contribution is 2.31. The van der Waals surface area contributed by atoms with Gasteiger partial charge < -0.3 is 10.2 Å².